The van der Waals surface area contributed by atoms with E-state index in [9.17, 15) is 9.59 Å². The molecule has 3 N–H and O–H groups in total. The van der Waals surface area contributed by atoms with Crippen molar-refractivity contribution in [1.82, 2.24) is 5.32 Å². The number of amides is 1. The van der Waals surface area contributed by atoms with Crippen LogP contribution in [0.4, 0.5) is 4.79 Å². The van der Waals surface area contributed by atoms with E-state index < -0.39 is 18.1 Å². The number of rotatable bonds is 4. The molecule has 0 bridgehead atoms. The predicted molar refractivity (Wildman–Crippen MR) is 41.3 cm³/mol. The molecule has 0 aromatic heterocycles. The zero-order valence-electron chi connectivity index (χ0n) is 6.71. The zero-order valence-corrected chi connectivity index (χ0v) is 6.71. The summed E-state index contributed by atoms with van der Waals surface area (Å²) >= 11 is 0. The van der Waals surface area contributed by atoms with Crippen LogP contribution < -0.4 is 11.1 Å². The number of nitrogens with one attached hydrogen (secondary N) is 1. The third-order valence-corrected chi connectivity index (χ3v) is 1.72. The van der Waals surface area contributed by atoms with E-state index in [1.807, 2.05) is 0 Å². The monoisotopic (exact) mass is 172 g/mol. The molecular formula is C7H12N2O3. The highest BCUT2D eigenvalue weighted by Crippen LogP contribution is 2.07. The lowest BCUT2D eigenvalue weighted by molar-refractivity contribution is -0.135. The van der Waals surface area contributed by atoms with Gasteiger partial charge in [-0.25, -0.2) is 9.59 Å². The molecular weight excluding hydrogens is 160 g/mol. The molecule has 1 rings (SSSR count). The molecule has 0 aromatic rings. The topological polar surface area (TPSA) is 81.4 Å². The minimum absolute atomic E-state index is 0.455. The summed E-state index contributed by atoms with van der Waals surface area (Å²) in [5.74, 6) is -0.475. The summed E-state index contributed by atoms with van der Waals surface area (Å²) in [6.07, 6.45) is 1.66. The van der Waals surface area contributed by atoms with Gasteiger partial charge in [-0.15, -0.1) is 0 Å². The Morgan fingerprint density at radius 1 is 1.42 bits per heavy atom. The molecule has 5 heteroatoms. The van der Waals surface area contributed by atoms with Crippen molar-refractivity contribution in [3.8, 4) is 0 Å². The van der Waals surface area contributed by atoms with Gasteiger partial charge in [0.25, 0.3) is 0 Å². The predicted octanol–water partition coefficient (Wildman–Crippen LogP) is -0.250. The van der Waals surface area contributed by atoms with Crippen LogP contribution in [0.3, 0.4) is 0 Å². The molecule has 0 unspecified atom stereocenters. The maximum Gasteiger partial charge on any atom is 0.415 e. The SMILES string of the molecule is NCCCC[C@H]1NC(=O)OC1=O. The van der Waals surface area contributed by atoms with Crippen molar-refractivity contribution >= 4 is 12.1 Å². The quantitative estimate of drug-likeness (QED) is 0.348. The van der Waals surface area contributed by atoms with E-state index >= 15 is 0 Å². The summed E-state index contributed by atoms with van der Waals surface area (Å²) in [7, 11) is 0. The fourth-order valence-corrected chi connectivity index (χ4v) is 1.08. The first kappa shape index (κ1) is 8.99. The van der Waals surface area contributed by atoms with Crippen LogP contribution in [0, 0.1) is 0 Å². The van der Waals surface area contributed by atoms with Gasteiger partial charge in [-0.2, -0.15) is 0 Å². The van der Waals surface area contributed by atoms with Gasteiger partial charge >= 0.3 is 12.1 Å². The van der Waals surface area contributed by atoms with Crippen LogP contribution in [0.15, 0.2) is 0 Å². The molecule has 0 saturated carbocycles. The van der Waals surface area contributed by atoms with Gasteiger partial charge in [-0.1, -0.05) is 0 Å². The molecule has 1 fully saturated rings. The lowest BCUT2D eigenvalue weighted by Crippen LogP contribution is -2.28. The van der Waals surface area contributed by atoms with E-state index in [1.165, 1.54) is 0 Å². The molecule has 0 radical (unpaired) electrons. The second-order valence-electron chi connectivity index (χ2n) is 2.69. The fourth-order valence-electron chi connectivity index (χ4n) is 1.08. The second-order valence-corrected chi connectivity index (χ2v) is 2.69. The molecule has 1 saturated heterocycles. The molecule has 0 spiro atoms. The van der Waals surface area contributed by atoms with Gasteiger partial charge in [-0.05, 0) is 25.8 Å². The Hall–Kier alpha value is -1.10. The van der Waals surface area contributed by atoms with Crippen LogP contribution in [-0.4, -0.2) is 24.6 Å². The summed E-state index contributed by atoms with van der Waals surface area (Å²) in [4.78, 5) is 21.4. The number of unbranched alkanes of at least 4 members (excludes halogenated alkanes) is 1. The van der Waals surface area contributed by atoms with Gasteiger partial charge < -0.3 is 15.8 Å². The average molecular weight is 172 g/mol. The molecule has 0 aliphatic carbocycles. The number of carbonyl (C=O) groups excluding carboxylic acids is 2. The van der Waals surface area contributed by atoms with Gasteiger partial charge in [0.2, 0.25) is 0 Å². The Morgan fingerprint density at radius 3 is 2.67 bits per heavy atom. The highest BCUT2D eigenvalue weighted by atomic mass is 16.6. The first-order chi connectivity index (χ1) is 5.74. The maximum absolute atomic E-state index is 10.8. The Bertz CT molecular complexity index is 193. The number of cyclic esters (lactones) is 2. The standard InChI is InChI=1S/C7H12N2O3/c8-4-2-1-3-5-6(10)12-7(11)9-5/h5H,1-4,8H2,(H,9,11)/t5-/m1/s1. The molecule has 1 aliphatic rings. The minimum Gasteiger partial charge on any atom is -0.375 e. The lowest BCUT2D eigenvalue weighted by Gasteiger charge is -2.02. The summed E-state index contributed by atoms with van der Waals surface area (Å²) in [5, 5.41) is 2.41. The number of carbonyl (C=O) groups is 2. The zero-order chi connectivity index (χ0) is 8.97. The van der Waals surface area contributed by atoms with Gasteiger partial charge in [0.1, 0.15) is 6.04 Å². The Kier molecular flexibility index (Phi) is 3.04. The number of ether oxygens (including phenoxy) is 1. The van der Waals surface area contributed by atoms with Crippen molar-refractivity contribution in [3.05, 3.63) is 0 Å². The minimum atomic E-state index is -0.641. The average Bonchev–Trinajstić information content (AvgIpc) is 2.31. The normalized spacial score (nSPS) is 22.2. The van der Waals surface area contributed by atoms with Crippen LogP contribution in [0.25, 0.3) is 0 Å². The highest BCUT2D eigenvalue weighted by Gasteiger charge is 2.31. The van der Waals surface area contributed by atoms with E-state index in [1.54, 1.807) is 0 Å². The van der Waals surface area contributed by atoms with Crippen molar-refractivity contribution in [1.29, 1.82) is 0 Å². The first-order valence-corrected chi connectivity index (χ1v) is 3.96. The van der Waals surface area contributed by atoms with Gasteiger partial charge in [-0.3, -0.25) is 0 Å². The molecule has 12 heavy (non-hydrogen) atoms. The van der Waals surface area contributed by atoms with Crippen molar-refractivity contribution in [2.24, 2.45) is 5.73 Å². The van der Waals surface area contributed by atoms with Gasteiger partial charge in [0.05, 0.1) is 0 Å². The number of hydrogen-bond acceptors (Lipinski definition) is 4. The molecule has 0 aromatic carbocycles. The molecule has 1 atom stereocenters. The summed E-state index contributed by atoms with van der Waals surface area (Å²) in [6, 6.07) is -0.455. The number of alkyl carbamates (subject to hydrolysis) is 1. The van der Waals surface area contributed by atoms with Crippen molar-refractivity contribution < 1.29 is 14.3 Å². The number of hydrogen-bond donors (Lipinski definition) is 2. The largest absolute Gasteiger partial charge is 0.415 e. The van der Waals surface area contributed by atoms with Crippen LogP contribution in [0.1, 0.15) is 19.3 Å². The summed E-state index contributed by atoms with van der Waals surface area (Å²) in [6.45, 7) is 0.607. The van der Waals surface area contributed by atoms with E-state index in [0.29, 0.717) is 13.0 Å². The number of esters is 1. The molecule has 68 valence electrons. The third-order valence-electron chi connectivity index (χ3n) is 1.72. The fraction of sp³-hybridized carbons (Fsp3) is 0.714. The summed E-state index contributed by atoms with van der Waals surface area (Å²) < 4.78 is 4.28. The first-order valence-electron chi connectivity index (χ1n) is 3.96. The molecule has 1 amide bonds. The maximum atomic E-state index is 10.8. The molecule has 1 heterocycles. The Morgan fingerprint density at radius 2 is 2.17 bits per heavy atom. The summed E-state index contributed by atoms with van der Waals surface area (Å²) in [5.41, 5.74) is 5.27. The van der Waals surface area contributed by atoms with E-state index in [0.717, 1.165) is 12.8 Å². The van der Waals surface area contributed by atoms with Gasteiger partial charge in [0, 0.05) is 0 Å². The smallest absolute Gasteiger partial charge is 0.375 e. The van der Waals surface area contributed by atoms with Crippen LogP contribution >= 0.6 is 0 Å². The van der Waals surface area contributed by atoms with Crippen LogP contribution in [0.5, 0.6) is 0 Å². The van der Waals surface area contributed by atoms with Crippen molar-refractivity contribution in [2.45, 2.75) is 25.3 Å². The van der Waals surface area contributed by atoms with E-state index in [-0.39, 0.29) is 0 Å². The molecule has 5 nitrogen and oxygen atoms in total. The van der Waals surface area contributed by atoms with Crippen molar-refractivity contribution in [2.75, 3.05) is 6.54 Å². The van der Waals surface area contributed by atoms with Crippen LogP contribution in [-0.2, 0) is 9.53 Å². The lowest BCUT2D eigenvalue weighted by atomic mass is 10.1. The van der Waals surface area contributed by atoms with E-state index in [4.69, 9.17) is 5.73 Å². The number of nitrogens with two attached hydrogens (primary N) is 1. The Balaban J connectivity index is 2.24. The molecule has 1 aliphatic heterocycles. The highest BCUT2D eigenvalue weighted by molar-refractivity contribution is 5.95. The van der Waals surface area contributed by atoms with Gasteiger partial charge in [0.15, 0.2) is 0 Å². The van der Waals surface area contributed by atoms with Crippen molar-refractivity contribution in [3.63, 3.8) is 0 Å². The van der Waals surface area contributed by atoms with Crippen LogP contribution in [0.2, 0.25) is 0 Å². The van der Waals surface area contributed by atoms with E-state index in [2.05, 4.69) is 10.1 Å². The Labute approximate surface area is 70.2 Å². The third kappa shape index (κ3) is 2.20. The second kappa shape index (κ2) is 4.06.